The number of carbonyl (C=O) groups is 1. The van der Waals surface area contributed by atoms with Crippen LogP contribution in [0.5, 0.6) is 5.75 Å². The number of carbonyl (C=O) groups excluding carboxylic acids is 1. The number of nitriles is 1. The van der Waals surface area contributed by atoms with Crippen LogP contribution in [0.15, 0.2) is 73.2 Å². The molecule has 4 aromatic rings. The molecular weight excluding hydrogens is 505 g/mol. The number of aromatic hydroxyl groups is 1. The molecule has 0 saturated carbocycles. The monoisotopic (exact) mass is 529 g/mol. The quantitative estimate of drug-likeness (QED) is 0.340. The van der Waals surface area contributed by atoms with Crippen molar-refractivity contribution in [3.63, 3.8) is 0 Å². The predicted octanol–water partition coefficient (Wildman–Crippen LogP) is 4.86. The minimum atomic E-state index is -0.548. The first-order valence-corrected chi connectivity index (χ1v) is 12.6. The van der Waals surface area contributed by atoms with E-state index in [-0.39, 0.29) is 23.3 Å². The molecule has 38 heavy (non-hydrogen) atoms. The van der Waals surface area contributed by atoms with Crippen LogP contribution in [0.4, 0.5) is 4.39 Å². The van der Waals surface area contributed by atoms with Crippen molar-refractivity contribution >= 4 is 17.5 Å². The summed E-state index contributed by atoms with van der Waals surface area (Å²) in [7, 11) is 0. The molecule has 0 spiro atoms. The van der Waals surface area contributed by atoms with E-state index in [4.69, 9.17) is 16.9 Å². The Kier molecular flexibility index (Phi) is 7.40. The predicted molar refractivity (Wildman–Crippen MR) is 142 cm³/mol. The number of amides is 1. The van der Waals surface area contributed by atoms with Gasteiger partial charge in [-0.2, -0.15) is 5.26 Å². The SMILES string of the molecule is N#Cc1ccc(Cn2cncc2CN[C@@H]2CCN(Cc3cc(O)cc(-c4cccc(Cl)c4)c3)C2=O)cc1F. The fraction of sp³-hybridized carbons (Fsp3) is 0.207. The fourth-order valence-corrected chi connectivity index (χ4v) is 4.91. The molecule has 1 aromatic heterocycles. The summed E-state index contributed by atoms with van der Waals surface area (Å²) in [4.78, 5) is 19.1. The van der Waals surface area contributed by atoms with Gasteiger partial charge in [-0.25, -0.2) is 9.37 Å². The normalized spacial score (nSPS) is 15.1. The summed E-state index contributed by atoms with van der Waals surface area (Å²) < 4.78 is 15.9. The lowest BCUT2D eigenvalue weighted by Crippen LogP contribution is -2.38. The van der Waals surface area contributed by atoms with Gasteiger partial charge in [-0.3, -0.25) is 4.79 Å². The van der Waals surface area contributed by atoms with Crippen LogP contribution in [0.25, 0.3) is 11.1 Å². The topological polar surface area (TPSA) is 94.2 Å². The fourth-order valence-electron chi connectivity index (χ4n) is 4.72. The number of rotatable bonds is 8. The minimum Gasteiger partial charge on any atom is -0.508 e. The number of nitrogens with one attached hydrogen (secondary N) is 1. The molecule has 1 atom stereocenters. The van der Waals surface area contributed by atoms with E-state index in [1.165, 1.54) is 12.1 Å². The van der Waals surface area contributed by atoms with E-state index in [0.717, 1.165) is 22.4 Å². The molecule has 2 heterocycles. The van der Waals surface area contributed by atoms with Crippen molar-refractivity contribution in [2.45, 2.75) is 32.1 Å². The van der Waals surface area contributed by atoms with Crippen LogP contribution in [0.1, 0.15) is 28.8 Å². The van der Waals surface area contributed by atoms with E-state index in [1.54, 1.807) is 41.7 Å². The molecule has 1 aliphatic rings. The third-order valence-electron chi connectivity index (χ3n) is 6.64. The molecule has 5 rings (SSSR count). The molecule has 1 aliphatic heterocycles. The molecule has 0 unspecified atom stereocenters. The highest BCUT2D eigenvalue weighted by Gasteiger charge is 2.31. The number of halogens is 2. The summed E-state index contributed by atoms with van der Waals surface area (Å²) in [5.41, 5.74) is 4.15. The zero-order valence-electron chi connectivity index (χ0n) is 20.4. The lowest BCUT2D eigenvalue weighted by atomic mass is 10.0. The van der Waals surface area contributed by atoms with Crippen molar-refractivity contribution in [3.8, 4) is 22.9 Å². The van der Waals surface area contributed by atoms with E-state index in [0.29, 0.717) is 43.2 Å². The Morgan fingerprint density at radius 1 is 1.11 bits per heavy atom. The van der Waals surface area contributed by atoms with Gasteiger partial charge in [0.2, 0.25) is 5.91 Å². The number of phenolic OH excluding ortho intramolecular Hbond substituents is 1. The maximum Gasteiger partial charge on any atom is 0.240 e. The van der Waals surface area contributed by atoms with Crippen LogP contribution in [-0.2, 0) is 24.4 Å². The molecule has 3 aromatic carbocycles. The zero-order chi connectivity index (χ0) is 26.6. The average Bonchev–Trinajstić information content (AvgIpc) is 3.48. The van der Waals surface area contributed by atoms with Gasteiger partial charge in [-0.15, -0.1) is 0 Å². The van der Waals surface area contributed by atoms with E-state index >= 15 is 0 Å². The summed E-state index contributed by atoms with van der Waals surface area (Å²) in [5.74, 6) is -0.417. The third-order valence-corrected chi connectivity index (χ3v) is 6.88. The minimum absolute atomic E-state index is 0.00197. The molecule has 1 saturated heterocycles. The van der Waals surface area contributed by atoms with Gasteiger partial charge in [-0.05, 0) is 71.1 Å². The largest absolute Gasteiger partial charge is 0.508 e. The van der Waals surface area contributed by atoms with Crippen molar-refractivity contribution < 1.29 is 14.3 Å². The Labute approximate surface area is 224 Å². The van der Waals surface area contributed by atoms with Gasteiger partial charge in [0.05, 0.1) is 23.6 Å². The van der Waals surface area contributed by atoms with Crippen LogP contribution >= 0.6 is 11.6 Å². The lowest BCUT2D eigenvalue weighted by molar-refractivity contribution is -0.129. The molecule has 2 N–H and O–H groups in total. The van der Waals surface area contributed by atoms with Gasteiger partial charge in [0.15, 0.2) is 0 Å². The number of phenols is 1. The van der Waals surface area contributed by atoms with E-state index in [9.17, 15) is 14.3 Å². The second kappa shape index (κ2) is 11.1. The number of aromatic nitrogens is 2. The maximum absolute atomic E-state index is 14.0. The molecule has 9 heteroatoms. The molecule has 0 radical (unpaired) electrons. The van der Waals surface area contributed by atoms with Gasteiger partial charge in [0.25, 0.3) is 0 Å². The lowest BCUT2D eigenvalue weighted by Gasteiger charge is -2.18. The smallest absolute Gasteiger partial charge is 0.240 e. The first kappa shape index (κ1) is 25.5. The summed E-state index contributed by atoms with van der Waals surface area (Å²) in [5, 5.41) is 23.2. The average molecular weight is 530 g/mol. The molecule has 0 bridgehead atoms. The highest BCUT2D eigenvalue weighted by molar-refractivity contribution is 6.30. The number of imidazole rings is 1. The highest BCUT2D eigenvalue weighted by Crippen LogP contribution is 2.28. The molecule has 192 valence electrons. The molecule has 0 aliphatic carbocycles. The number of benzene rings is 3. The van der Waals surface area contributed by atoms with Crippen molar-refractivity contribution in [2.75, 3.05) is 6.54 Å². The number of likely N-dealkylation sites (tertiary alicyclic amines) is 1. The van der Waals surface area contributed by atoms with Crippen molar-refractivity contribution in [2.24, 2.45) is 0 Å². The first-order chi connectivity index (χ1) is 18.4. The van der Waals surface area contributed by atoms with Gasteiger partial charge in [-0.1, -0.05) is 29.8 Å². The van der Waals surface area contributed by atoms with Crippen LogP contribution in [0, 0.1) is 17.1 Å². The second-order valence-electron chi connectivity index (χ2n) is 9.32. The van der Waals surface area contributed by atoms with Crippen LogP contribution < -0.4 is 5.32 Å². The summed E-state index contributed by atoms with van der Waals surface area (Å²) >= 11 is 6.13. The zero-order valence-corrected chi connectivity index (χ0v) is 21.2. The number of hydrogen-bond acceptors (Lipinski definition) is 5. The number of nitrogens with zero attached hydrogens (tertiary/aromatic N) is 4. The summed E-state index contributed by atoms with van der Waals surface area (Å²) in [6, 6.07) is 18.8. The standard InChI is InChI=1S/C29H25ClFN5O2/c30-24-3-1-2-21(11-24)23-8-20(9-26(37)12-23)17-35-7-6-28(29(35)38)34-15-25-14-33-18-36(25)16-19-4-5-22(13-32)27(31)10-19/h1-5,8-12,14,18,28,34,37H,6-7,15-17H2/t28-/m1/s1. The van der Waals surface area contributed by atoms with E-state index < -0.39 is 5.82 Å². The van der Waals surface area contributed by atoms with Crippen molar-refractivity contribution in [1.29, 1.82) is 5.26 Å². The second-order valence-corrected chi connectivity index (χ2v) is 9.76. The van der Waals surface area contributed by atoms with Crippen LogP contribution in [0.3, 0.4) is 0 Å². The summed E-state index contributed by atoms with van der Waals surface area (Å²) in [6.07, 6.45) is 4.04. The number of hydrogen-bond donors (Lipinski definition) is 2. The molecule has 7 nitrogen and oxygen atoms in total. The third kappa shape index (κ3) is 5.70. The molecule has 1 fully saturated rings. The van der Waals surface area contributed by atoms with Crippen LogP contribution in [0.2, 0.25) is 5.02 Å². The summed E-state index contributed by atoms with van der Waals surface area (Å²) in [6.45, 7) is 1.81. The van der Waals surface area contributed by atoms with E-state index in [2.05, 4.69) is 10.3 Å². The van der Waals surface area contributed by atoms with Crippen molar-refractivity contribution in [1.82, 2.24) is 19.8 Å². The molecular formula is C29H25ClFN5O2. The maximum atomic E-state index is 14.0. The Morgan fingerprint density at radius 3 is 2.76 bits per heavy atom. The van der Waals surface area contributed by atoms with Gasteiger partial charge >= 0.3 is 0 Å². The Bertz CT molecular complexity index is 1530. The Morgan fingerprint density at radius 2 is 1.97 bits per heavy atom. The van der Waals surface area contributed by atoms with Crippen LogP contribution in [-0.4, -0.2) is 38.1 Å². The van der Waals surface area contributed by atoms with Gasteiger partial charge in [0.1, 0.15) is 17.6 Å². The van der Waals surface area contributed by atoms with Crippen molar-refractivity contribution in [3.05, 3.63) is 106 Å². The van der Waals surface area contributed by atoms with E-state index in [1.807, 2.05) is 34.9 Å². The highest BCUT2D eigenvalue weighted by atomic mass is 35.5. The molecule has 1 amide bonds. The Hall–Kier alpha value is -4.19. The van der Waals surface area contributed by atoms with Gasteiger partial charge < -0.3 is 19.9 Å². The first-order valence-electron chi connectivity index (χ1n) is 12.2. The van der Waals surface area contributed by atoms with Gasteiger partial charge in [0, 0.05) is 37.4 Å². The Balaban J connectivity index is 1.21.